The molecule has 27 heavy (non-hydrogen) atoms. The van der Waals surface area contributed by atoms with E-state index in [-0.39, 0.29) is 24.8 Å². The summed E-state index contributed by atoms with van der Waals surface area (Å²) < 4.78 is 5.09. The number of hydrogen-bond donors (Lipinski definition) is 3. The minimum absolute atomic E-state index is 0.0249. The van der Waals surface area contributed by atoms with Gasteiger partial charge in [-0.05, 0) is 35.7 Å². The summed E-state index contributed by atoms with van der Waals surface area (Å²) in [5, 5.41) is 6.65. The third-order valence-corrected chi connectivity index (χ3v) is 4.36. The Morgan fingerprint density at radius 1 is 1.00 bits per heavy atom. The summed E-state index contributed by atoms with van der Waals surface area (Å²) >= 11 is 0. The Morgan fingerprint density at radius 2 is 1.78 bits per heavy atom. The van der Waals surface area contributed by atoms with Gasteiger partial charge < -0.3 is 20.4 Å². The number of aromatic nitrogens is 1. The van der Waals surface area contributed by atoms with Gasteiger partial charge in [-0.1, -0.05) is 30.3 Å². The fourth-order valence-electron chi connectivity index (χ4n) is 2.91. The fraction of sp³-hybridized carbons (Fsp3) is 0.238. The Labute approximate surface area is 157 Å². The van der Waals surface area contributed by atoms with Crippen LogP contribution in [-0.4, -0.2) is 37.0 Å². The van der Waals surface area contributed by atoms with E-state index < -0.39 is 0 Å². The SMILES string of the molecule is COc1ccc(CC(=O)NCC(=O)NCCc2c[nH]c3ccccc23)cc1. The number of fused-ring (bicyclic) bond motifs is 1. The molecule has 140 valence electrons. The monoisotopic (exact) mass is 365 g/mol. The van der Waals surface area contributed by atoms with E-state index in [1.54, 1.807) is 19.2 Å². The molecule has 3 aromatic rings. The van der Waals surface area contributed by atoms with Gasteiger partial charge in [0.2, 0.25) is 11.8 Å². The predicted octanol–water partition coefficient (Wildman–Crippen LogP) is 2.19. The zero-order valence-corrected chi connectivity index (χ0v) is 15.2. The van der Waals surface area contributed by atoms with Crippen LogP contribution in [0.2, 0.25) is 0 Å². The molecule has 0 atom stereocenters. The maximum Gasteiger partial charge on any atom is 0.239 e. The molecule has 0 bridgehead atoms. The molecule has 6 heteroatoms. The molecule has 0 saturated carbocycles. The lowest BCUT2D eigenvalue weighted by Crippen LogP contribution is -2.38. The summed E-state index contributed by atoms with van der Waals surface area (Å²) in [6.07, 6.45) is 2.93. The molecule has 3 rings (SSSR count). The van der Waals surface area contributed by atoms with E-state index in [2.05, 4.69) is 21.7 Å². The fourth-order valence-corrected chi connectivity index (χ4v) is 2.91. The number of carbonyl (C=O) groups is 2. The number of amides is 2. The predicted molar refractivity (Wildman–Crippen MR) is 105 cm³/mol. The number of H-pyrrole nitrogens is 1. The molecule has 1 heterocycles. The molecule has 0 saturated heterocycles. The van der Waals surface area contributed by atoms with Crippen molar-refractivity contribution in [3.8, 4) is 5.75 Å². The van der Waals surface area contributed by atoms with Crippen LogP contribution in [-0.2, 0) is 22.4 Å². The second kappa shape index (κ2) is 8.89. The van der Waals surface area contributed by atoms with Crippen LogP contribution < -0.4 is 15.4 Å². The van der Waals surface area contributed by atoms with E-state index >= 15 is 0 Å². The number of rotatable bonds is 8. The number of benzene rings is 2. The first-order valence-corrected chi connectivity index (χ1v) is 8.87. The molecular formula is C21H23N3O3. The molecule has 0 spiro atoms. The van der Waals surface area contributed by atoms with Crippen LogP contribution >= 0.6 is 0 Å². The number of aromatic amines is 1. The molecule has 0 fully saturated rings. The Bertz CT molecular complexity index is 916. The number of hydrogen-bond acceptors (Lipinski definition) is 3. The van der Waals surface area contributed by atoms with E-state index in [0.717, 1.165) is 28.8 Å². The molecular weight excluding hydrogens is 342 g/mol. The maximum absolute atomic E-state index is 12.0. The first-order chi connectivity index (χ1) is 13.2. The van der Waals surface area contributed by atoms with Gasteiger partial charge in [-0.15, -0.1) is 0 Å². The second-order valence-corrected chi connectivity index (χ2v) is 6.26. The van der Waals surface area contributed by atoms with Crippen LogP contribution in [0.15, 0.2) is 54.7 Å². The largest absolute Gasteiger partial charge is 0.497 e. The normalized spacial score (nSPS) is 10.6. The van der Waals surface area contributed by atoms with Crippen LogP contribution in [0.5, 0.6) is 5.75 Å². The highest BCUT2D eigenvalue weighted by atomic mass is 16.5. The second-order valence-electron chi connectivity index (χ2n) is 6.26. The Hall–Kier alpha value is -3.28. The minimum atomic E-state index is -0.196. The number of nitrogens with one attached hydrogen (secondary N) is 3. The standard InChI is InChI=1S/C21H23N3O3/c1-27-17-8-6-15(7-9-17)12-20(25)24-14-21(26)22-11-10-16-13-23-19-5-3-2-4-18(16)19/h2-9,13,23H,10-12,14H2,1H3,(H,22,26)(H,24,25). The smallest absolute Gasteiger partial charge is 0.239 e. The average molecular weight is 365 g/mol. The van der Waals surface area contributed by atoms with Crippen LogP contribution in [0.3, 0.4) is 0 Å². The summed E-state index contributed by atoms with van der Waals surface area (Å²) in [6, 6.07) is 15.3. The van der Waals surface area contributed by atoms with Crippen molar-refractivity contribution in [1.29, 1.82) is 0 Å². The lowest BCUT2D eigenvalue weighted by atomic mass is 10.1. The highest BCUT2D eigenvalue weighted by Crippen LogP contribution is 2.17. The van der Waals surface area contributed by atoms with Gasteiger partial charge in [-0.3, -0.25) is 9.59 Å². The van der Waals surface area contributed by atoms with E-state index in [4.69, 9.17) is 4.74 Å². The quantitative estimate of drug-likeness (QED) is 0.572. The molecule has 2 aromatic carbocycles. The molecule has 0 aliphatic heterocycles. The van der Waals surface area contributed by atoms with Crippen LogP contribution in [0.25, 0.3) is 10.9 Å². The van der Waals surface area contributed by atoms with Crippen molar-refractivity contribution < 1.29 is 14.3 Å². The van der Waals surface area contributed by atoms with Crippen LogP contribution in [0.1, 0.15) is 11.1 Å². The molecule has 3 N–H and O–H groups in total. The summed E-state index contributed by atoms with van der Waals surface area (Å²) in [4.78, 5) is 27.1. The summed E-state index contributed by atoms with van der Waals surface area (Å²) in [6.45, 7) is 0.498. The molecule has 0 unspecified atom stereocenters. The van der Waals surface area contributed by atoms with Gasteiger partial charge in [-0.2, -0.15) is 0 Å². The topological polar surface area (TPSA) is 83.2 Å². The first kappa shape index (κ1) is 18.5. The third kappa shape index (κ3) is 5.10. The lowest BCUT2D eigenvalue weighted by molar-refractivity contribution is -0.125. The zero-order valence-electron chi connectivity index (χ0n) is 15.2. The molecule has 1 aromatic heterocycles. The molecule has 0 aliphatic carbocycles. The van der Waals surface area contributed by atoms with Crippen molar-refractivity contribution in [1.82, 2.24) is 15.6 Å². The maximum atomic E-state index is 12.0. The van der Waals surface area contributed by atoms with Gasteiger partial charge in [0.1, 0.15) is 5.75 Å². The van der Waals surface area contributed by atoms with Crippen molar-refractivity contribution in [2.75, 3.05) is 20.2 Å². The Kier molecular flexibility index (Phi) is 6.10. The first-order valence-electron chi connectivity index (χ1n) is 8.87. The number of carbonyl (C=O) groups excluding carboxylic acids is 2. The van der Waals surface area contributed by atoms with Gasteiger partial charge in [-0.25, -0.2) is 0 Å². The van der Waals surface area contributed by atoms with Crippen molar-refractivity contribution in [2.24, 2.45) is 0 Å². The average Bonchev–Trinajstić information content (AvgIpc) is 3.10. The van der Waals surface area contributed by atoms with Gasteiger partial charge in [0.05, 0.1) is 20.1 Å². The van der Waals surface area contributed by atoms with E-state index in [0.29, 0.717) is 6.54 Å². The van der Waals surface area contributed by atoms with Crippen molar-refractivity contribution >= 4 is 22.7 Å². The zero-order chi connectivity index (χ0) is 19.1. The van der Waals surface area contributed by atoms with Gasteiger partial charge >= 0.3 is 0 Å². The summed E-state index contributed by atoms with van der Waals surface area (Å²) in [7, 11) is 1.60. The Balaban J connectivity index is 1.38. The molecule has 2 amide bonds. The van der Waals surface area contributed by atoms with Crippen molar-refractivity contribution in [3.63, 3.8) is 0 Å². The Morgan fingerprint density at radius 3 is 2.56 bits per heavy atom. The molecule has 6 nitrogen and oxygen atoms in total. The van der Waals surface area contributed by atoms with Crippen LogP contribution in [0.4, 0.5) is 0 Å². The molecule has 0 radical (unpaired) electrons. The highest BCUT2D eigenvalue weighted by Gasteiger charge is 2.08. The summed E-state index contributed by atoms with van der Waals surface area (Å²) in [5.74, 6) is 0.360. The summed E-state index contributed by atoms with van der Waals surface area (Å²) in [5.41, 5.74) is 3.12. The number of methoxy groups -OCH3 is 1. The van der Waals surface area contributed by atoms with Gasteiger partial charge in [0.15, 0.2) is 0 Å². The van der Waals surface area contributed by atoms with Crippen LogP contribution in [0, 0.1) is 0 Å². The number of ether oxygens (including phenoxy) is 1. The van der Waals surface area contributed by atoms with E-state index in [1.165, 1.54) is 5.39 Å². The van der Waals surface area contributed by atoms with E-state index in [9.17, 15) is 9.59 Å². The lowest BCUT2D eigenvalue weighted by Gasteiger charge is -2.07. The minimum Gasteiger partial charge on any atom is -0.497 e. The third-order valence-electron chi connectivity index (χ3n) is 4.36. The van der Waals surface area contributed by atoms with Gasteiger partial charge in [0, 0.05) is 23.6 Å². The number of para-hydroxylation sites is 1. The van der Waals surface area contributed by atoms with Crippen molar-refractivity contribution in [2.45, 2.75) is 12.8 Å². The van der Waals surface area contributed by atoms with E-state index in [1.807, 2.05) is 36.5 Å². The van der Waals surface area contributed by atoms with Gasteiger partial charge in [0.25, 0.3) is 0 Å². The van der Waals surface area contributed by atoms with Crippen molar-refractivity contribution in [3.05, 3.63) is 65.9 Å². The highest BCUT2D eigenvalue weighted by molar-refractivity contribution is 5.86. The molecule has 0 aliphatic rings.